The molecule has 0 saturated heterocycles. The Bertz CT molecular complexity index is 1110. The molecule has 0 atom stereocenters. The molecular formula is C22H21N3O2. The fraction of sp³-hybridized carbons (Fsp3) is 0.227. The van der Waals surface area contributed by atoms with Gasteiger partial charge >= 0.3 is 5.63 Å². The van der Waals surface area contributed by atoms with Gasteiger partial charge in [-0.15, -0.1) is 5.10 Å². The molecule has 0 unspecified atom stereocenters. The first-order valence-corrected chi connectivity index (χ1v) is 9.29. The number of nitrogens with zero attached hydrogens (tertiary/aromatic N) is 3. The van der Waals surface area contributed by atoms with Crippen LogP contribution in [0.25, 0.3) is 27.9 Å². The van der Waals surface area contributed by atoms with Crippen LogP contribution in [0.15, 0.2) is 70.0 Å². The molecule has 2 heterocycles. The van der Waals surface area contributed by atoms with E-state index >= 15 is 0 Å². The van der Waals surface area contributed by atoms with Crippen molar-refractivity contribution < 1.29 is 4.42 Å². The summed E-state index contributed by atoms with van der Waals surface area (Å²) in [5.41, 5.74) is 3.51. The second-order valence-corrected chi connectivity index (χ2v) is 6.66. The normalized spacial score (nSPS) is 11.1. The summed E-state index contributed by atoms with van der Waals surface area (Å²) in [6, 6.07) is 17.6. The highest BCUT2D eigenvalue weighted by Gasteiger charge is 2.11. The lowest BCUT2D eigenvalue weighted by atomic mass is 10.0. The molecule has 0 N–H and O–H groups in total. The number of aryl methyl sites for hydroxylation is 1. The van der Waals surface area contributed by atoms with Crippen LogP contribution in [0.4, 0.5) is 0 Å². The molecule has 5 heteroatoms. The minimum absolute atomic E-state index is 0.351. The third kappa shape index (κ3) is 3.67. The third-order valence-electron chi connectivity index (χ3n) is 4.68. The Balaban J connectivity index is 1.60. The van der Waals surface area contributed by atoms with E-state index in [0.29, 0.717) is 11.3 Å². The molecule has 2 aromatic heterocycles. The number of aromatic nitrogens is 3. The van der Waals surface area contributed by atoms with Crippen molar-refractivity contribution in [3.8, 4) is 16.9 Å². The molecule has 0 bridgehead atoms. The maximum absolute atomic E-state index is 12.3. The van der Waals surface area contributed by atoms with E-state index in [9.17, 15) is 4.79 Å². The van der Waals surface area contributed by atoms with Gasteiger partial charge in [0.05, 0.1) is 6.20 Å². The summed E-state index contributed by atoms with van der Waals surface area (Å²) in [5, 5.41) is 9.19. The van der Waals surface area contributed by atoms with Crippen LogP contribution in [0.5, 0.6) is 0 Å². The first kappa shape index (κ1) is 17.2. The average Bonchev–Trinajstić information content (AvgIpc) is 3.18. The maximum atomic E-state index is 12.3. The molecule has 0 aliphatic carbocycles. The number of fused-ring (bicyclic) bond motifs is 1. The molecule has 0 aliphatic heterocycles. The lowest BCUT2D eigenvalue weighted by molar-refractivity contribution is 0.550. The largest absolute Gasteiger partial charge is 0.421 e. The minimum atomic E-state index is -0.434. The third-order valence-corrected chi connectivity index (χ3v) is 4.68. The first-order chi connectivity index (χ1) is 13.2. The first-order valence-electron chi connectivity index (χ1n) is 9.29. The fourth-order valence-corrected chi connectivity index (χ4v) is 3.15. The van der Waals surface area contributed by atoms with Gasteiger partial charge in [-0.3, -0.25) is 0 Å². The van der Waals surface area contributed by atoms with Crippen LogP contribution in [0.3, 0.4) is 0 Å². The highest BCUT2D eigenvalue weighted by Crippen LogP contribution is 2.20. The van der Waals surface area contributed by atoms with E-state index in [1.165, 1.54) is 29.5 Å². The predicted molar refractivity (Wildman–Crippen MR) is 106 cm³/mol. The smallest absolute Gasteiger partial charge is 0.362 e. The van der Waals surface area contributed by atoms with Crippen molar-refractivity contribution in [3.05, 3.63) is 76.8 Å². The Morgan fingerprint density at radius 1 is 1.04 bits per heavy atom. The Kier molecular flexibility index (Phi) is 4.83. The van der Waals surface area contributed by atoms with Gasteiger partial charge in [0.25, 0.3) is 0 Å². The number of unbranched alkanes of at least 4 members (excludes halogenated alkanes) is 2. The van der Waals surface area contributed by atoms with E-state index < -0.39 is 5.63 Å². The van der Waals surface area contributed by atoms with Gasteiger partial charge in [0.2, 0.25) is 0 Å². The quantitative estimate of drug-likeness (QED) is 0.367. The lowest BCUT2D eigenvalue weighted by Crippen LogP contribution is -2.10. The summed E-state index contributed by atoms with van der Waals surface area (Å²) in [5.74, 6) is 0. The second-order valence-electron chi connectivity index (χ2n) is 6.66. The van der Waals surface area contributed by atoms with Crippen LogP contribution in [0.1, 0.15) is 31.7 Å². The predicted octanol–water partition coefficient (Wildman–Crippen LogP) is 4.77. The Labute approximate surface area is 157 Å². The SMILES string of the molecule is CCCCCc1ccc(-c2cn(-c3cc4ccccc4oc3=O)nn2)cc1. The second kappa shape index (κ2) is 7.58. The molecule has 2 aromatic carbocycles. The zero-order chi connectivity index (χ0) is 18.6. The molecule has 0 amide bonds. The maximum Gasteiger partial charge on any atom is 0.362 e. The Hall–Kier alpha value is -3.21. The summed E-state index contributed by atoms with van der Waals surface area (Å²) < 4.78 is 6.86. The molecule has 5 nitrogen and oxygen atoms in total. The number of hydrogen-bond donors (Lipinski definition) is 0. The summed E-state index contributed by atoms with van der Waals surface area (Å²) in [4.78, 5) is 12.3. The van der Waals surface area contributed by atoms with Crippen molar-refractivity contribution in [2.24, 2.45) is 0 Å². The van der Waals surface area contributed by atoms with Crippen LogP contribution in [-0.2, 0) is 6.42 Å². The Morgan fingerprint density at radius 3 is 2.67 bits per heavy atom. The summed E-state index contributed by atoms with van der Waals surface area (Å²) >= 11 is 0. The van der Waals surface area contributed by atoms with Gasteiger partial charge in [0.15, 0.2) is 5.69 Å². The number of benzene rings is 2. The van der Waals surface area contributed by atoms with Gasteiger partial charge in [-0.2, -0.15) is 0 Å². The van der Waals surface area contributed by atoms with Gasteiger partial charge in [0, 0.05) is 10.9 Å². The average molecular weight is 359 g/mol. The van der Waals surface area contributed by atoms with Gasteiger partial charge in [-0.05, 0) is 30.5 Å². The van der Waals surface area contributed by atoms with Crippen LogP contribution in [0.2, 0.25) is 0 Å². The van der Waals surface area contributed by atoms with Gasteiger partial charge < -0.3 is 4.42 Å². The molecular weight excluding hydrogens is 338 g/mol. The lowest BCUT2D eigenvalue weighted by Gasteiger charge is -2.02. The highest BCUT2D eigenvalue weighted by atomic mass is 16.4. The molecule has 0 radical (unpaired) electrons. The van der Waals surface area contributed by atoms with Crippen LogP contribution in [-0.4, -0.2) is 15.0 Å². The van der Waals surface area contributed by atoms with Crippen molar-refractivity contribution in [2.45, 2.75) is 32.6 Å². The van der Waals surface area contributed by atoms with Crippen LogP contribution < -0.4 is 5.63 Å². The van der Waals surface area contributed by atoms with Crippen molar-refractivity contribution in [2.75, 3.05) is 0 Å². The van der Waals surface area contributed by atoms with E-state index in [1.807, 2.05) is 18.2 Å². The highest BCUT2D eigenvalue weighted by molar-refractivity contribution is 5.78. The van der Waals surface area contributed by atoms with E-state index in [0.717, 1.165) is 23.1 Å². The zero-order valence-corrected chi connectivity index (χ0v) is 15.3. The van der Waals surface area contributed by atoms with Crippen LogP contribution in [0, 0.1) is 0 Å². The summed E-state index contributed by atoms with van der Waals surface area (Å²) in [6.45, 7) is 2.21. The molecule has 0 spiro atoms. The fourth-order valence-electron chi connectivity index (χ4n) is 3.15. The summed E-state index contributed by atoms with van der Waals surface area (Å²) in [7, 11) is 0. The molecule has 0 aliphatic rings. The van der Waals surface area contributed by atoms with Crippen molar-refractivity contribution >= 4 is 11.0 Å². The minimum Gasteiger partial charge on any atom is -0.421 e. The molecule has 136 valence electrons. The number of para-hydroxylation sites is 1. The topological polar surface area (TPSA) is 60.9 Å². The monoisotopic (exact) mass is 359 g/mol. The van der Waals surface area contributed by atoms with Crippen molar-refractivity contribution in [1.29, 1.82) is 0 Å². The van der Waals surface area contributed by atoms with Crippen LogP contribution >= 0.6 is 0 Å². The Morgan fingerprint density at radius 2 is 1.85 bits per heavy atom. The zero-order valence-electron chi connectivity index (χ0n) is 15.3. The van der Waals surface area contributed by atoms with E-state index in [4.69, 9.17) is 4.42 Å². The van der Waals surface area contributed by atoms with E-state index in [1.54, 1.807) is 18.3 Å². The standard InChI is InChI=1S/C22H21N3O2/c1-2-3-4-7-16-10-12-17(13-11-16)19-15-25(24-23-19)20-14-18-8-5-6-9-21(18)27-22(20)26/h5-6,8-15H,2-4,7H2,1H3. The molecule has 0 saturated carbocycles. The number of hydrogen-bond acceptors (Lipinski definition) is 4. The number of rotatable bonds is 6. The molecule has 4 rings (SSSR count). The van der Waals surface area contributed by atoms with E-state index in [2.05, 4.69) is 41.5 Å². The van der Waals surface area contributed by atoms with E-state index in [-0.39, 0.29) is 0 Å². The van der Waals surface area contributed by atoms with Gasteiger partial charge in [-0.1, -0.05) is 67.4 Å². The molecule has 27 heavy (non-hydrogen) atoms. The van der Waals surface area contributed by atoms with Gasteiger partial charge in [0.1, 0.15) is 11.3 Å². The van der Waals surface area contributed by atoms with Crippen molar-refractivity contribution in [3.63, 3.8) is 0 Å². The van der Waals surface area contributed by atoms with Crippen molar-refractivity contribution in [1.82, 2.24) is 15.0 Å². The van der Waals surface area contributed by atoms with Gasteiger partial charge in [-0.25, -0.2) is 9.48 Å². The molecule has 0 fully saturated rings. The summed E-state index contributed by atoms with van der Waals surface area (Å²) in [6.07, 6.45) is 6.55. The molecule has 4 aromatic rings.